The van der Waals surface area contributed by atoms with Crippen LogP contribution in [0.1, 0.15) is 197 Å². The van der Waals surface area contributed by atoms with E-state index < -0.39 is 33.4 Å². The maximum atomic E-state index is 13.6. The van der Waals surface area contributed by atoms with Gasteiger partial charge in [-0.15, -0.1) is 0 Å². The van der Waals surface area contributed by atoms with Gasteiger partial charge in [-0.05, 0) is 0 Å². The number of hydrogen-bond acceptors (Lipinski definition) is 6. The van der Waals surface area contributed by atoms with Gasteiger partial charge in [0, 0.05) is 0 Å². The number of carbonyl (C=O) groups excluding carboxylic acids is 3. The Morgan fingerprint density at radius 2 is 0.674 bits per heavy atom. The van der Waals surface area contributed by atoms with Crippen LogP contribution >= 0.6 is 0 Å². The van der Waals surface area contributed by atoms with Gasteiger partial charge < -0.3 is 0 Å². The first-order chi connectivity index (χ1) is 19.8. The number of carbonyl (C=O) groups is 3. The van der Waals surface area contributed by atoms with Crippen molar-refractivity contribution in [3.8, 4) is 0 Å². The molecule has 253 valence electrons. The van der Waals surface area contributed by atoms with Gasteiger partial charge in [0.2, 0.25) is 0 Å². The van der Waals surface area contributed by atoms with Crippen LogP contribution in [0.3, 0.4) is 0 Å². The SMILES string of the molecule is CC(C)(C)CCCCCCCC(=O)[O][Ti](=[O])([O]C(=O)CCCCCCCC(C)(C)C)[C](=O)CCCCCCCC(C)(C)C. The first-order valence-corrected chi connectivity index (χ1v) is 20.2. The van der Waals surface area contributed by atoms with Gasteiger partial charge in [-0.2, -0.15) is 0 Å². The van der Waals surface area contributed by atoms with Crippen molar-refractivity contribution < 1.29 is 41.7 Å². The van der Waals surface area contributed by atoms with E-state index in [0.717, 1.165) is 83.5 Å². The molecule has 0 aliphatic heterocycles. The second kappa shape index (κ2) is 21.8. The van der Waals surface area contributed by atoms with E-state index in [1.54, 1.807) is 0 Å². The molecule has 0 spiro atoms. The van der Waals surface area contributed by atoms with Crippen molar-refractivity contribution in [2.75, 3.05) is 0 Å². The van der Waals surface area contributed by atoms with Gasteiger partial charge in [0.15, 0.2) is 0 Å². The second-order valence-corrected chi connectivity index (χ2v) is 19.7. The maximum absolute atomic E-state index is 13.6. The molecule has 0 bridgehead atoms. The van der Waals surface area contributed by atoms with E-state index in [1.807, 2.05) is 0 Å². The summed E-state index contributed by atoms with van der Waals surface area (Å²) in [7, 11) is 0. The van der Waals surface area contributed by atoms with E-state index in [1.165, 1.54) is 12.8 Å². The monoisotopic (exact) mass is 645 g/mol. The Labute approximate surface area is 270 Å². The van der Waals surface area contributed by atoms with Crippen molar-refractivity contribution in [2.24, 2.45) is 16.2 Å². The molecular weight excluding hydrogens is 576 g/mol. The number of unbranched alkanes of at least 4 members (excludes halogenated alkanes) is 12. The summed E-state index contributed by atoms with van der Waals surface area (Å²) >= 11 is -5.50. The van der Waals surface area contributed by atoms with Crippen molar-refractivity contribution in [3.05, 3.63) is 0 Å². The molecule has 6 nitrogen and oxygen atoms in total. The fourth-order valence-corrected chi connectivity index (χ4v) is 7.50. The fourth-order valence-electron chi connectivity index (χ4n) is 5.07. The van der Waals surface area contributed by atoms with E-state index >= 15 is 0 Å². The average molecular weight is 646 g/mol. The minimum absolute atomic E-state index is 0.0187. The topological polar surface area (TPSA) is 86.7 Å². The average Bonchev–Trinajstić information content (AvgIpc) is 2.84. The summed E-state index contributed by atoms with van der Waals surface area (Å²) in [5, 5.41) is 0. The Morgan fingerprint density at radius 1 is 0.419 bits per heavy atom. The molecule has 0 unspecified atom stereocenters. The molecule has 0 saturated carbocycles. The first-order valence-electron chi connectivity index (χ1n) is 17.5. The summed E-state index contributed by atoms with van der Waals surface area (Å²) in [5.41, 5.74) is 0.976. The molecule has 0 atom stereocenters. The van der Waals surface area contributed by atoms with Crippen molar-refractivity contribution in [1.29, 1.82) is 0 Å². The molecular formula is C36H69O6Ti. The van der Waals surface area contributed by atoms with Crippen molar-refractivity contribution in [1.82, 2.24) is 0 Å². The molecule has 0 fully saturated rings. The number of rotatable bonds is 24. The third kappa shape index (κ3) is 27.2. The van der Waals surface area contributed by atoms with Crippen LogP contribution in [0, 0.1) is 16.2 Å². The van der Waals surface area contributed by atoms with Crippen LogP contribution in [0.5, 0.6) is 0 Å². The molecule has 0 amide bonds. The fraction of sp³-hybridized carbons (Fsp3) is 0.917. The van der Waals surface area contributed by atoms with Gasteiger partial charge in [0.05, 0.1) is 0 Å². The normalized spacial score (nSPS) is 12.8. The van der Waals surface area contributed by atoms with Crippen LogP contribution in [0.2, 0.25) is 0 Å². The summed E-state index contributed by atoms with van der Waals surface area (Å²) in [6.45, 7) is 20.1. The van der Waals surface area contributed by atoms with Gasteiger partial charge in [-0.25, -0.2) is 0 Å². The summed E-state index contributed by atoms with van der Waals surface area (Å²) < 4.78 is 23.4. The first kappa shape index (κ1) is 42.1. The second-order valence-electron chi connectivity index (χ2n) is 16.4. The Bertz CT molecular complexity index is 782. The third-order valence-electron chi connectivity index (χ3n) is 7.78. The zero-order valence-electron chi connectivity index (χ0n) is 29.8. The molecule has 0 aromatic carbocycles. The number of hydrogen-bond donors (Lipinski definition) is 0. The van der Waals surface area contributed by atoms with Crippen LogP contribution < -0.4 is 0 Å². The van der Waals surface area contributed by atoms with E-state index in [-0.39, 0.29) is 19.3 Å². The molecule has 0 heterocycles. The van der Waals surface area contributed by atoms with E-state index in [2.05, 4.69) is 62.3 Å². The molecule has 0 aliphatic carbocycles. The molecule has 0 N–H and O–H groups in total. The zero-order valence-corrected chi connectivity index (χ0v) is 31.4. The van der Waals surface area contributed by atoms with Crippen LogP contribution in [-0.4, -0.2) is 16.0 Å². The Balaban J connectivity index is 4.76. The Hall–Kier alpha value is -0.876. The molecule has 0 rings (SSSR count). The molecule has 7 heteroatoms. The van der Waals surface area contributed by atoms with Crippen LogP contribution in [-0.2, 0) is 41.7 Å². The molecule has 0 aliphatic rings. The minimum atomic E-state index is -5.50. The van der Waals surface area contributed by atoms with Gasteiger partial charge >= 0.3 is 271 Å². The van der Waals surface area contributed by atoms with Gasteiger partial charge in [0.1, 0.15) is 0 Å². The molecule has 43 heavy (non-hydrogen) atoms. The molecule has 0 radical (unpaired) electrons. The third-order valence-corrected chi connectivity index (χ3v) is 10.8. The van der Waals surface area contributed by atoms with Crippen LogP contribution in [0.25, 0.3) is 0 Å². The predicted molar refractivity (Wildman–Crippen MR) is 173 cm³/mol. The van der Waals surface area contributed by atoms with Crippen molar-refractivity contribution >= 4 is 16.0 Å². The quantitative estimate of drug-likeness (QED) is 0.0767. The van der Waals surface area contributed by atoms with Gasteiger partial charge in [-0.3, -0.25) is 0 Å². The van der Waals surface area contributed by atoms with E-state index in [0.29, 0.717) is 35.5 Å². The van der Waals surface area contributed by atoms with Gasteiger partial charge in [0.25, 0.3) is 0 Å². The van der Waals surface area contributed by atoms with Crippen molar-refractivity contribution in [2.45, 2.75) is 197 Å². The molecule has 0 aromatic heterocycles. The standard InChI is InChI=1S/2C12H24O2.C12H23O.O.Ti/c2*1-12(2,3)10-8-6-4-5-7-9-11(13)14;1-12(2,3)10-8-6-4-5-7-9-11-13;;/h2*4-10H2,1-3H3,(H,13,14);4-10H2,1-3H3;;/q;;;;+2/p-2. The summed E-state index contributed by atoms with van der Waals surface area (Å²) in [4.78, 5) is 38.2. The van der Waals surface area contributed by atoms with E-state index in [4.69, 9.17) is 6.64 Å². The summed E-state index contributed by atoms with van der Waals surface area (Å²) in [6, 6.07) is 0. The molecule has 0 saturated heterocycles. The van der Waals surface area contributed by atoms with E-state index in [9.17, 15) is 17.7 Å². The van der Waals surface area contributed by atoms with Crippen LogP contribution in [0.15, 0.2) is 0 Å². The van der Waals surface area contributed by atoms with Crippen LogP contribution in [0.4, 0.5) is 0 Å². The summed E-state index contributed by atoms with van der Waals surface area (Å²) in [6.07, 6.45) is 17.8. The zero-order chi connectivity index (χ0) is 33.0. The summed E-state index contributed by atoms with van der Waals surface area (Å²) in [5.74, 6) is -1.38. The van der Waals surface area contributed by atoms with Crippen molar-refractivity contribution in [3.63, 3.8) is 0 Å². The Kier molecular flexibility index (Phi) is 21.3. The van der Waals surface area contributed by atoms with Gasteiger partial charge in [-0.1, -0.05) is 0 Å². The predicted octanol–water partition coefficient (Wildman–Crippen LogP) is 11.3. The molecule has 0 aromatic rings. The Morgan fingerprint density at radius 3 is 0.977 bits per heavy atom.